The lowest BCUT2D eigenvalue weighted by Crippen LogP contribution is -2.05. The highest BCUT2D eigenvalue weighted by molar-refractivity contribution is 6.29. The summed E-state index contributed by atoms with van der Waals surface area (Å²) in [4.78, 5) is 8.63. The van der Waals surface area contributed by atoms with Crippen LogP contribution in [0.2, 0.25) is 5.15 Å². The Kier molecular flexibility index (Phi) is 10.5. The Hall–Kier alpha value is -5.63. The van der Waals surface area contributed by atoms with Crippen LogP contribution in [-0.2, 0) is 13.1 Å². The molecule has 7 aromatic rings. The molecule has 0 saturated carbocycles. The first kappa shape index (κ1) is 34.2. The van der Waals surface area contributed by atoms with Crippen LogP contribution >= 0.6 is 11.6 Å². The molecule has 0 radical (unpaired) electrons. The van der Waals surface area contributed by atoms with Crippen LogP contribution in [0.1, 0.15) is 11.1 Å². The topological polar surface area (TPSA) is 138 Å². The molecular weight excluding hydrogens is 664 g/mol. The van der Waals surface area contributed by atoms with Crippen LogP contribution < -0.4 is 25.4 Å². The fraction of sp³-hybridized carbons (Fsp3) is 0.167. The van der Waals surface area contributed by atoms with Crippen LogP contribution in [0.5, 0.6) is 11.5 Å². The summed E-state index contributed by atoms with van der Waals surface area (Å²) in [6, 6.07) is 22.6. The molecule has 3 aromatic carbocycles. The zero-order valence-electron chi connectivity index (χ0n) is 27.7. The number of rotatable bonds is 10. The van der Waals surface area contributed by atoms with Gasteiger partial charge < -0.3 is 25.4 Å². The maximum absolute atomic E-state index is 13.9. The summed E-state index contributed by atoms with van der Waals surface area (Å²) in [6.45, 7) is 1.51. The molecule has 0 fully saturated rings. The predicted molar refractivity (Wildman–Crippen MR) is 192 cm³/mol. The van der Waals surface area contributed by atoms with Crippen molar-refractivity contribution in [1.29, 1.82) is 0 Å². The molecule has 0 amide bonds. The summed E-state index contributed by atoms with van der Waals surface area (Å²) in [5, 5.41) is 25.8. The number of aromatic nitrogens is 6. The van der Waals surface area contributed by atoms with Gasteiger partial charge in [0.05, 0.1) is 31.3 Å². The standard InChI is InChI=1S/C21H19F2N5O.C15H15ClN4O/c1-24-11-12-3-7-18(29-2)15(9-12)20-14-5-8-19(26-21(14)28-27-20)25-17-6-4-13(22)10-16(17)23;1-17-8-9-3-5-12(21-2)11(7-9)14-10-4-6-13(16)18-15(10)20-19-14/h3-10,24H,11H2,1-2H3,(H2,25,26,27,28);3-7,17H,8H2,1-2H3,(H,18,19,20). The van der Waals surface area contributed by atoms with Crippen LogP contribution in [0.15, 0.2) is 78.9 Å². The van der Waals surface area contributed by atoms with Crippen LogP contribution in [0, 0.1) is 11.6 Å². The molecule has 50 heavy (non-hydrogen) atoms. The van der Waals surface area contributed by atoms with Crippen LogP contribution in [0.3, 0.4) is 0 Å². The van der Waals surface area contributed by atoms with E-state index in [0.29, 0.717) is 28.0 Å². The number of nitrogens with zero attached hydrogens (tertiary/aromatic N) is 4. The summed E-state index contributed by atoms with van der Waals surface area (Å²) >= 11 is 5.90. The van der Waals surface area contributed by atoms with Gasteiger partial charge in [0.25, 0.3) is 0 Å². The van der Waals surface area contributed by atoms with Crippen molar-refractivity contribution in [2.75, 3.05) is 33.6 Å². The summed E-state index contributed by atoms with van der Waals surface area (Å²) < 4.78 is 37.9. The van der Waals surface area contributed by atoms with Crippen molar-refractivity contribution in [2.45, 2.75) is 13.1 Å². The summed E-state index contributed by atoms with van der Waals surface area (Å²) in [6.07, 6.45) is 0. The smallest absolute Gasteiger partial charge is 0.183 e. The second-order valence-corrected chi connectivity index (χ2v) is 11.5. The van der Waals surface area contributed by atoms with E-state index in [0.717, 1.165) is 69.3 Å². The molecule has 11 nitrogen and oxygen atoms in total. The van der Waals surface area contributed by atoms with E-state index in [4.69, 9.17) is 21.1 Å². The van der Waals surface area contributed by atoms with Crippen molar-refractivity contribution < 1.29 is 18.3 Å². The second-order valence-electron chi connectivity index (χ2n) is 11.1. The normalized spacial score (nSPS) is 11.0. The zero-order valence-corrected chi connectivity index (χ0v) is 28.4. The van der Waals surface area contributed by atoms with Crippen molar-refractivity contribution in [3.63, 3.8) is 0 Å². The maximum atomic E-state index is 13.9. The number of nitrogens with one attached hydrogen (secondary N) is 5. The van der Waals surface area contributed by atoms with Crippen molar-refractivity contribution in [3.05, 3.63) is 107 Å². The molecule has 0 aliphatic heterocycles. The average Bonchev–Trinajstić information content (AvgIpc) is 3.74. The molecule has 0 saturated heterocycles. The van der Waals surface area contributed by atoms with Gasteiger partial charge in [-0.3, -0.25) is 10.2 Å². The van der Waals surface area contributed by atoms with Gasteiger partial charge in [-0.1, -0.05) is 23.7 Å². The summed E-state index contributed by atoms with van der Waals surface area (Å²) in [7, 11) is 7.08. The SMILES string of the molecule is CNCc1ccc(OC)c(-c2[nH]nc3nc(Cl)ccc23)c1.CNCc1ccc(OC)c(-c2[nH]nc3nc(Nc4ccc(F)cc4F)ccc23)c1. The quantitative estimate of drug-likeness (QED) is 0.0927. The number of anilines is 2. The Morgan fingerprint density at radius 3 is 1.78 bits per heavy atom. The maximum Gasteiger partial charge on any atom is 0.183 e. The first-order valence-electron chi connectivity index (χ1n) is 15.5. The number of H-pyrrole nitrogens is 2. The lowest BCUT2D eigenvalue weighted by molar-refractivity contribution is 0.416. The number of hydrogen-bond acceptors (Lipinski definition) is 9. The molecule has 256 valence electrons. The Bertz CT molecular complexity index is 2270. The number of fused-ring (bicyclic) bond motifs is 2. The van der Waals surface area contributed by atoms with Gasteiger partial charge in [0.2, 0.25) is 0 Å². The van der Waals surface area contributed by atoms with E-state index in [1.807, 2.05) is 56.6 Å². The molecule has 4 aromatic heterocycles. The van der Waals surface area contributed by atoms with Crippen molar-refractivity contribution in [2.24, 2.45) is 0 Å². The molecule has 0 atom stereocenters. The van der Waals surface area contributed by atoms with Gasteiger partial charge >= 0.3 is 0 Å². The molecule has 7 rings (SSSR count). The van der Waals surface area contributed by atoms with Crippen molar-refractivity contribution in [3.8, 4) is 34.0 Å². The van der Waals surface area contributed by atoms with E-state index in [1.54, 1.807) is 26.4 Å². The fourth-order valence-electron chi connectivity index (χ4n) is 5.51. The van der Waals surface area contributed by atoms with Crippen LogP contribution in [-0.4, -0.2) is 58.7 Å². The van der Waals surface area contributed by atoms with Gasteiger partial charge in [0, 0.05) is 41.1 Å². The van der Waals surface area contributed by atoms with E-state index in [9.17, 15) is 8.78 Å². The largest absolute Gasteiger partial charge is 0.496 e. The van der Waals surface area contributed by atoms with Gasteiger partial charge in [-0.2, -0.15) is 10.2 Å². The minimum atomic E-state index is -0.694. The molecular formula is C36H34ClF2N9O2. The van der Waals surface area contributed by atoms with Gasteiger partial charge in [-0.25, -0.2) is 18.7 Å². The number of aromatic amines is 2. The lowest BCUT2D eigenvalue weighted by Gasteiger charge is -2.10. The minimum Gasteiger partial charge on any atom is -0.496 e. The molecule has 0 bridgehead atoms. The molecule has 14 heteroatoms. The average molecular weight is 698 g/mol. The number of benzene rings is 3. The molecule has 0 aliphatic carbocycles. The van der Waals surface area contributed by atoms with Gasteiger partial charge in [0.15, 0.2) is 11.3 Å². The third-order valence-corrected chi connectivity index (χ3v) is 8.03. The molecule has 0 unspecified atom stereocenters. The first-order valence-corrected chi connectivity index (χ1v) is 15.9. The highest BCUT2D eigenvalue weighted by atomic mass is 35.5. The van der Waals surface area contributed by atoms with E-state index in [2.05, 4.69) is 52.4 Å². The Morgan fingerprint density at radius 1 is 0.680 bits per heavy atom. The second kappa shape index (κ2) is 15.3. The number of pyridine rings is 2. The highest BCUT2D eigenvalue weighted by Crippen LogP contribution is 2.36. The van der Waals surface area contributed by atoms with Gasteiger partial charge in [-0.05, 0) is 85.9 Å². The molecule has 0 aliphatic rings. The summed E-state index contributed by atoms with van der Waals surface area (Å²) in [5.74, 6) is 0.571. The molecule has 0 spiro atoms. The Morgan fingerprint density at radius 2 is 1.24 bits per heavy atom. The van der Waals surface area contributed by atoms with Crippen LogP contribution in [0.4, 0.5) is 20.3 Å². The monoisotopic (exact) mass is 697 g/mol. The van der Waals surface area contributed by atoms with E-state index in [1.165, 1.54) is 12.1 Å². The van der Waals surface area contributed by atoms with Crippen molar-refractivity contribution >= 4 is 45.2 Å². The number of hydrogen-bond donors (Lipinski definition) is 5. The first-order chi connectivity index (χ1) is 24.3. The molecule has 5 N–H and O–H groups in total. The Labute approximate surface area is 291 Å². The van der Waals surface area contributed by atoms with Crippen molar-refractivity contribution in [1.82, 2.24) is 41.0 Å². The van der Waals surface area contributed by atoms with E-state index >= 15 is 0 Å². The minimum absolute atomic E-state index is 0.135. The zero-order chi connectivity index (χ0) is 35.2. The predicted octanol–water partition coefficient (Wildman–Crippen LogP) is 7.38. The Balaban J connectivity index is 0.000000182. The number of ether oxygens (including phenoxy) is 2. The van der Waals surface area contributed by atoms with Crippen LogP contribution in [0.25, 0.3) is 44.6 Å². The number of methoxy groups -OCH3 is 2. The third kappa shape index (κ3) is 7.34. The van der Waals surface area contributed by atoms with Gasteiger partial charge in [-0.15, -0.1) is 0 Å². The fourth-order valence-corrected chi connectivity index (χ4v) is 5.65. The molecule has 4 heterocycles. The third-order valence-electron chi connectivity index (χ3n) is 7.82. The van der Waals surface area contributed by atoms with Gasteiger partial charge in [0.1, 0.15) is 34.1 Å². The number of halogens is 3. The van der Waals surface area contributed by atoms with E-state index < -0.39 is 11.6 Å². The highest BCUT2D eigenvalue weighted by Gasteiger charge is 2.16. The lowest BCUT2D eigenvalue weighted by atomic mass is 10.0. The summed E-state index contributed by atoms with van der Waals surface area (Å²) in [5.41, 5.74) is 6.95. The van der Waals surface area contributed by atoms with E-state index in [-0.39, 0.29) is 5.69 Å².